The van der Waals surface area contributed by atoms with E-state index in [1.54, 1.807) is 35.2 Å². The van der Waals surface area contributed by atoms with E-state index < -0.39 is 40.1 Å². The fourth-order valence-corrected chi connectivity index (χ4v) is 4.54. The molecular formula is C27H30F3N3O3. The van der Waals surface area contributed by atoms with Gasteiger partial charge in [0.15, 0.2) is 0 Å². The van der Waals surface area contributed by atoms with Crippen LogP contribution in [0.4, 0.5) is 18.9 Å². The Bertz CT molecular complexity index is 1140. The van der Waals surface area contributed by atoms with Gasteiger partial charge in [-0.1, -0.05) is 51.1 Å². The van der Waals surface area contributed by atoms with Gasteiger partial charge < -0.3 is 15.3 Å². The van der Waals surface area contributed by atoms with Crippen molar-refractivity contribution in [2.24, 2.45) is 11.3 Å². The first kappa shape index (κ1) is 27.2. The highest BCUT2D eigenvalue weighted by molar-refractivity contribution is 5.98. The van der Waals surface area contributed by atoms with Crippen molar-refractivity contribution in [1.82, 2.24) is 4.90 Å². The minimum atomic E-state index is -4.78. The number of benzene rings is 2. The van der Waals surface area contributed by atoms with Gasteiger partial charge in [0.2, 0.25) is 5.91 Å². The van der Waals surface area contributed by atoms with Gasteiger partial charge in [-0.15, -0.1) is 0 Å². The maximum atomic E-state index is 13.4. The molecule has 1 unspecified atom stereocenters. The third kappa shape index (κ3) is 6.05. The molecule has 0 saturated carbocycles. The Hall–Kier alpha value is -3.38. The summed E-state index contributed by atoms with van der Waals surface area (Å²) in [5.41, 5.74) is -3.68. The lowest BCUT2D eigenvalue weighted by molar-refractivity contribution is -0.147. The second kappa shape index (κ2) is 10.3. The molecule has 0 bridgehead atoms. The van der Waals surface area contributed by atoms with Crippen LogP contribution >= 0.6 is 0 Å². The normalized spacial score (nSPS) is 16.7. The van der Waals surface area contributed by atoms with Crippen molar-refractivity contribution in [2.75, 3.05) is 18.4 Å². The lowest BCUT2D eigenvalue weighted by Crippen LogP contribution is -2.55. The zero-order chi connectivity index (χ0) is 26.7. The largest absolute Gasteiger partial charge is 0.417 e. The molecule has 0 aliphatic carbocycles. The Morgan fingerprint density at radius 3 is 2.22 bits per heavy atom. The molecular weight excluding hydrogens is 471 g/mol. The van der Waals surface area contributed by atoms with Crippen LogP contribution < -0.4 is 5.32 Å². The molecule has 1 heterocycles. The van der Waals surface area contributed by atoms with Crippen molar-refractivity contribution in [3.63, 3.8) is 0 Å². The predicted octanol–water partition coefficient (Wildman–Crippen LogP) is 4.77. The zero-order valence-electron chi connectivity index (χ0n) is 20.5. The Kier molecular flexibility index (Phi) is 7.79. The average molecular weight is 502 g/mol. The highest BCUT2D eigenvalue weighted by atomic mass is 19.4. The van der Waals surface area contributed by atoms with Gasteiger partial charge in [-0.2, -0.15) is 18.4 Å². The van der Waals surface area contributed by atoms with Crippen molar-refractivity contribution >= 4 is 17.5 Å². The van der Waals surface area contributed by atoms with E-state index in [-0.39, 0.29) is 18.0 Å². The van der Waals surface area contributed by atoms with Gasteiger partial charge in [0.25, 0.3) is 5.91 Å². The first-order chi connectivity index (χ1) is 16.8. The summed E-state index contributed by atoms with van der Waals surface area (Å²) in [6, 6.07) is 13.3. The van der Waals surface area contributed by atoms with E-state index in [1.807, 2.05) is 20.8 Å². The number of rotatable bonds is 5. The minimum Gasteiger partial charge on any atom is -0.379 e. The number of carbonyl (C=O) groups is 2. The van der Waals surface area contributed by atoms with Crippen molar-refractivity contribution in [3.05, 3.63) is 65.2 Å². The maximum Gasteiger partial charge on any atom is 0.417 e. The molecule has 2 aromatic rings. The van der Waals surface area contributed by atoms with Crippen LogP contribution in [0.5, 0.6) is 0 Å². The van der Waals surface area contributed by atoms with Crippen molar-refractivity contribution in [3.8, 4) is 6.07 Å². The molecule has 0 aromatic heterocycles. The molecule has 0 radical (unpaired) electrons. The van der Waals surface area contributed by atoms with Crippen molar-refractivity contribution in [1.29, 1.82) is 5.26 Å². The number of carbonyl (C=O) groups excluding carboxylic acids is 2. The smallest absolute Gasteiger partial charge is 0.379 e. The van der Waals surface area contributed by atoms with Crippen LogP contribution in [0.2, 0.25) is 0 Å². The van der Waals surface area contributed by atoms with Gasteiger partial charge in [-0.25, -0.2) is 0 Å². The maximum absolute atomic E-state index is 13.4. The Balaban J connectivity index is 1.88. The van der Waals surface area contributed by atoms with Gasteiger partial charge in [0.05, 0.1) is 17.2 Å². The second-order valence-corrected chi connectivity index (χ2v) is 10.2. The standard InChI is InChI=1S/C27H30F3N3O3/c1-25(2,3)24(35)33-13-11-20(12-14-33)26(36,16-18-7-5-4-6-8-18)23(34)32-21-10-9-19(17-31)22(15-21)27(28,29)30/h4-10,15,20,36H,11-14,16H2,1-3H3,(H,32,34). The van der Waals surface area contributed by atoms with Crippen LogP contribution in [0, 0.1) is 22.7 Å². The summed E-state index contributed by atoms with van der Waals surface area (Å²) in [5, 5.41) is 23.2. The molecule has 1 saturated heterocycles. The highest BCUT2D eigenvalue weighted by Crippen LogP contribution is 2.36. The van der Waals surface area contributed by atoms with E-state index >= 15 is 0 Å². The fraction of sp³-hybridized carbons (Fsp3) is 0.444. The summed E-state index contributed by atoms with van der Waals surface area (Å²) in [4.78, 5) is 27.8. The number of halogens is 3. The Morgan fingerprint density at radius 1 is 1.08 bits per heavy atom. The number of nitriles is 1. The SMILES string of the molecule is CC(C)(C)C(=O)N1CCC(C(O)(Cc2ccccc2)C(=O)Nc2ccc(C#N)c(C(F)(F)F)c2)CC1. The van der Waals surface area contributed by atoms with Gasteiger partial charge in [-0.05, 0) is 36.6 Å². The van der Waals surface area contributed by atoms with E-state index in [0.717, 1.165) is 6.07 Å². The summed E-state index contributed by atoms with van der Waals surface area (Å²) in [6.45, 7) is 6.20. The lowest BCUT2D eigenvalue weighted by Gasteiger charge is -2.42. The minimum absolute atomic E-state index is 0.0192. The fourth-order valence-electron chi connectivity index (χ4n) is 4.54. The molecule has 2 N–H and O–H groups in total. The number of piperidine rings is 1. The monoisotopic (exact) mass is 501 g/mol. The summed E-state index contributed by atoms with van der Waals surface area (Å²) in [7, 11) is 0. The number of likely N-dealkylation sites (tertiary alicyclic amines) is 1. The zero-order valence-corrected chi connectivity index (χ0v) is 20.5. The van der Waals surface area contributed by atoms with Crippen LogP contribution in [0.25, 0.3) is 0 Å². The average Bonchev–Trinajstić information content (AvgIpc) is 2.83. The van der Waals surface area contributed by atoms with E-state index in [0.29, 0.717) is 37.6 Å². The van der Waals surface area contributed by atoms with E-state index in [2.05, 4.69) is 5.32 Å². The van der Waals surface area contributed by atoms with Crippen LogP contribution in [0.15, 0.2) is 48.5 Å². The third-order valence-electron chi connectivity index (χ3n) is 6.51. The van der Waals surface area contributed by atoms with E-state index in [1.165, 1.54) is 12.1 Å². The van der Waals surface area contributed by atoms with Crippen molar-refractivity contribution < 1.29 is 27.9 Å². The van der Waals surface area contributed by atoms with E-state index in [4.69, 9.17) is 5.26 Å². The molecule has 3 rings (SSSR count). The summed E-state index contributed by atoms with van der Waals surface area (Å²) in [5.74, 6) is -1.37. The highest BCUT2D eigenvalue weighted by Gasteiger charge is 2.46. The Morgan fingerprint density at radius 2 is 1.69 bits per heavy atom. The van der Waals surface area contributed by atoms with Crippen molar-refractivity contribution in [2.45, 2.75) is 51.8 Å². The number of amides is 2. The predicted molar refractivity (Wildman–Crippen MR) is 129 cm³/mol. The molecule has 1 atom stereocenters. The molecule has 6 nitrogen and oxygen atoms in total. The molecule has 0 spiro atoms. The van der Waals surface area contributed by atoms with E-state index in [9.17, 15) is 27.9 Å². The lowest BCUT2D eigenvalue weighted by atomic mass is 9.75. The van der Waals surface area contributed by atoms with Crippen LogP contribution in [-0.2, 0) is 22.2 Å². The molecule has 1 aliphatic heterocycles. The molecule has 2 aromatic carbocycles. The quantitative estimate of drug-likeness (QED) is 0.617. The van der Waals surface area contributed by atoms with Crippen LogP contribution in [0.1, 0.15) is 50.3 Å². The Labute approximate surface area is 208 Å². The summed E-state index contributed by atoms with van der Waals surface area (Å²) in [6.07, 6.45) is -4.10. The van der Waals surface area contributed by atoms with Gasteiger partial charge in [-0.3, -0.25) is 9.59 Å². The van der Waals surface area contributed by atoms with Crippen LogP contribution in [0.3, 0.4) is 0 Å². The number of nitrogens with zero attached hydrogens (tertiary/aromatic N) is 2. The molecule has 36 heavy (non-hydrogen) atoms. The number of nitrogens with one attached hydrogen (secondary N) is 1. The topological polar surface area (TPSA) is 93.4 Å². The van der Waals surface area contributed by atoms with Crippen LogP contribution in [-0.4, -0.2) is 40.5 Å². The first-order valence-corrected chi connectivity index (χ1v) is 11.7. The first-order valence-electron chi connectivity index (χ1n) is 11.7. The molecule has 1 aliphatic rings. The number of aliphatic hydroxyl groups is 1. The number of alkyl halides is 3. The summed E-state index contributed by atoms with van der Waals surface area (Å²) >= 11 is 0. The molecule has 192 valence electrons. The molecule has 2 amide bonds. The number of hydrogen-bond acceptors (Lipinski definition) is 4. The number of anilines is 1. The van der Waals surface area contributed by atoms with Gasteiger partial charge >= 0.3 is 6.18 Å². The summed E-state index contributed by atoms with van der Waals surface area (Å²) < 4.78 is 40.2. The molecule has 1 fully saturated rings. The van der Waals surface area contributed by atoms with Gasteiger partial charge in [0.1, 0.15) is 5.60 Å². The number of hydrogen-bond donors (Lipinski definition) is 2. The third-order valence-corrected chi connectivity index (χ3v) is 6.51. The molecule has 9 heteroatoms. The second-order valence-electron chi connectivity index (χ2n) is 10.2. The van der Waals surface area contributed by atoms with Gasteiger partial charge in [0, 0.05) is 36.5 Å².